The lowest BCUT2D eigenvalue weighted by molar-refractivity contribution is -0.136. The minimum Gasteiger partial charge on any atom is -0.451 e. The van der Waals surface area contributed by atoms with Crippen LogP contribution in [0.5, 0.6) is 0 Å². The Kier molecular flexibility index (Phi) is 5.27. The summed E-state index contributed by atoms with van der Waals surface area (Å²) in [6.07, 6.45) is 3.44. The highest BCUT2D eigenvalue weighted by atomic mass is 32.1. The number of hydrogen-bond acceptors (Lipinski definition) is 8. The number of aryl methyl sites for hydroxylation is 1. The molecule has 4 heterocycles. The molecule has 0 spiro atoms. The number of thiophene rings is 2. The van der Waals surface area contributed by atoms with Crippen LogP contribution in [-0.2, 0) is 9.53 Å². The molecule has 142 valence electrons. The van der Waals surface area contributed by atoms with Gasteiger partial charge in [0.2, 0.25) is 0 Å². The van der Waals surface area contributed by atoms with E-state index >= 15 is 0 Å². The molecule has 1 atom stereocenters. The third-order valence-electron chi connectivity index (χ3n) is 4.16. The van der Waals surface area contributed by atoms with Crippen LogP contribution >= 0.6 is 22.7 Å². The van der Waals surface area contributed by atoms with E-state index in [9.17, 15) is 9.59 Å². The van der Waals surface area contributed by atoms with Gasteiger partial charge in [-0.25, -0.2) is 14.8 Å². The fourth-order valence-corrected chi connectivity index (χ4v) is 4.33. The number of carbonyl (C=O) groups excluding carboxylic acids is 2. The highest BCUT2D eigenvalue weighted by molar-refractivity contribution is 7.12. The number of ether oxygens (including phenoxy) is 1. The predicted octanol–water partition coefficient (Wildman–Crippen LogP) is 3.44. The Bertz CT molecular complexity index is 999. The fourth-order valence-electron chi connectivity index (χ4n) is 2.80. The summed E-state index contributed by atoms with van der Waals surface area (Å²) in [5.41, 5.74) is 1.62. The quantitative estimate of drug-likeness (QED) is 0.599. The van der Waals surface area contributed by atoms with Gasteiger partial charge in [-0.3, -0.25) is 9.78 Å². The standard InChI is InChI=1S/C19H16N4O3S2/c1-12-9-21-14(10-20-12)19(25)26-11-18(24)23-15(17-5-3-7-28-17)8-13(22-23)16-4-2-6-27-16/h2-7,9-10,15H,8,11H2,1H3. The van der Waals surface area contributed by atoms with Crippen LogP contribution in [0.4, 0.5) is 0 Å². The van der Waals surface area contributed by atoms with E-state index in [0.717, 1.165) is 15.5 Å². The van der Waals surface area contributed by atoms with E-state index in [1.807, 2.05) is 35.0 Å². The Morgan fingerprint density at radius 3 is 2.68 bits per heavy atom. The molecule has 1 aliphatic rings. The van der Waals surface area contributed by atoms with Crippen molar-refractivity contribution in [2.45, 2.75) is 19.4 Å². The molecule has 28 heavy (non-hydrogen) atoms. The Labute approximate surface area is 169 Å². The van der Waals surface area contributed by atoms with Gasteiger partial charge < -0.3 is 4.74 Å². The number of rotatable bonds is 5. The number of hydrazone groups is 1. The molecule has 1 unspecified atom stereocenters. The first-order valence-electron chi connectivity index (χ1n) is 8.54. The molecule has 0 saturated heterocycles. The zero-order valence-corrected chi connectivity index (χ0v) is 16.6. The molecule has 0 aliphatic carbocycles. The number of hydrogen-bond donors (Lipinski definition) is 0. The SMILES string of the molecule is Cc1cnc(C(=O)OCC(=O)N2N=C(c3cccs3)CC2c2cccs2)cn1. The Morgan fingerprint density at radius 1 is 1.18 bits per heavy atom. The molecular formula is C19H16N4O3S2. The molecule has 9 heteroatoms. The first-order chi connectivity index (χ1) is 13.6. The van der Waals surface area contributed by atoms with Crippen molar-refractivity contribution >= 4 is 40.3 Å². The first-order valence-corrected chi connectivity index (χ1v) is 10.3. The van der Waals surface area contributed by atoms with Crippen LogP contribution in [0.25, 0.3) is 0 Å². The van der Waals surface area contributed by atoms with Gasteiger partial charge in [-0.1, -0.05) is 12.1 Å². The van der Waals surface area contributed by atoms with Gasteiger partial charge in [0.25, 0.3) is 5.91 Å². The lowest BCUT2D eigenvalue weighted by Crippen LogP contribution is -2.31. The molecule has 0 N–H and O–H groups in total. The lowest BCUT2D eigenvalue weighted by atomic mass is 10.1. The van der Waals surface area contributed by atoms with Crippen LogP contribution in [0.3, 0.4) is 0 Å². The number of carbonyl (C=O) groups is 2. The van der Waals surface area contributed by atoms with Gasteiger partial charge >= 0.3 is 5.97 Å². The van der Waals surface area contributed by atoms with Crippen LogP contribution in [0.1, 0.15) is 38.4 Å². The van der Waals surface area contributed by atoms with Gasteiger partial charge in [-0.15, -0.1) is 22.7 Å². The summed E-state index contributed by atoms with van der Waals surface area (Å²) >= 11 is 3.16. The molecule has 3 aromatic rings. The molecule has 4 rings (SSSR count). The molecule has 0 fully saturated rings. The van der Waals surface area contributed by atoms with Crippen molar-refractivity contribution < 1.29 is 14.3 Å². The summed E-state index contributed by atoms with van der Waals surface area (Å²) in [7, 11) is 0. The van der Waals surface area contributed by atoms with Crippen molar-refractivity contribution in [3.63, 3.8) is 0 Å². The van der Waals surface area contributed by atoms with Crippen molar-refractivity contribution in [3.05, 3.63) is 68.6 Å². The third-order valence-corrected chi connectivity index (χ3v) is 6.05. The number of aromatic nitrogens is 2. The van der Waals surface area contributed by atoms with Gasteiger partial charge in [0.1, 0.15) is 0 Å². The maximum Gasteiger partial charge on any atom is 0.359 e. The van der Waals surface area contributed by atoms with E-state index < -0.39 is 12.6 Å². The van der Waals surface area contributed by atoms with Crippen molar-refractivity contribution in [1.29, 1.82) is 0 Å². The van der Waals surface area contributed by atoms with Gasteiger partial charge in [0.15, 0.2) is 12.3 Å². The smallest absolute Gasteiger partial charge is 0.359 e. The summed E-state index contributed by atoms with van der Waals surface area (Å²) in [5.74, 6) is -1.06. The third kappa shape index (κ3) is 3.85. The van der Waals surface area contributed by atoms with Gasteiger partial charge in [-0.05, 0) is 29.8 Å². The lowest BCUT2D eigenvalue weighted by Gasteiger charge is -2.20. The normalized spacial score (nSPS) is 16.1. The van der Waals surface area contributed by atoms with E-state index in [-0.39, 0.29) is 17.6 Å². The van der Waals surface area contributed by atoms with Gasteiger partial charge in [-0.2, -0.15) is 5.10 Å². The molecule has 0 saturated carbocycles. The number of esters is 1. The molecule has 0 aromatic carbocycles. The van der Waals surface area contributed by atoms with Crippen LogP contribution in [0.15, 0.2) is 52.5 Å². The Morgan fingerprint density at radius 2 is 2.00 bits per heavy atom. The Balaban J connectivity index is 1.48. The molecular weight excluding hydrogens is 396 g/mol. The second-order valence-corrected chi connectivity index (χ2v) is 8.04. The zero-order valence-electron chi connectivity index (χ0n) is 14.9. The van der Waals surface area contributed by atoms with Crippen LogP contribution < -0.4 is 0 Å². The minimum absolute atomic E-state index is 0.0670. The zero-order chi connectivity index (χ0) is 19.5. The van der Waals surface area contributed by atoms with E-state index in [1.165, 1.54) is 17.4 Å². The van der Waals surface area contributed by atoms with E-state index in [0.29, 0.717) is 12.1 Å². The number of nitrogens with zero attached hydrogens (tertiary/aromatic N) is 4. The molecule has 3 aromatic heterocycles. The van der Waals surface area contributed by atoms with Crippen molar-refractivity contribution in [3.8, 4) is 0 Å². The van der Waals surface area contributed by atoms with Crippen molar-refractivity contribution in [1.82, 2.24) is 15.0 Å². The van der Waals surface area contributed by atoms with Gasteiger partial charge in [0, 0.05) is 17.5 Å². The predicted molar refractivity (Wildman–Crippen MR) is 106 cm³/mol. The molecule has 0 radical (unpaired) electrons. The summed E-state index contributed by atoms with van der Waals surface area (Å²) in [4.78, 5) is 34.9. The van der Waals surface area contributed by atoms with E-state index in [2.05, 4.69) is 15.1 Å². The molecule has 1 amide bonds. The number of amides is 1. The summed E-state index contributed by atoms with van der Waals surface area (Å²) in [5, 5.41) is 9.90. The van der Waals surface area contributed by atoms with Crippen LogP contribution in [-0.4, -0.2) is 39.2 Å². The maximum absolute atomic E-state index is 12.8. The highest BCUT2D eigenvalue weighted by Crippen LogP contribution is 2.35. The Hall–Kier alpha value is -2.91. The average Bonchev–Trinajstić information content (AvgIpc) is 3.46. The van der Waals surface area contributed by atoms with E-state index in [4.69, 9.17) is 4.74 Å². The second-order valence-electron chi connectivity index (χ2n) is 6.12. The molecule has 0 bridgehead atoms. The average molecular weight is 412 g/mol. The van der Waals surface area contributed by atoms with Crippen LogP contribution in [0, 0.1) is 6.92 Å². The summed E-state index contributed by atoms with van der Waals surface area (Å²) < 4.78 is 5.14. The maximum atomic E-state index is 12.8. The summed E-state index contributed by atoms with van der Waals surface area (Å²) in [6.45, 7) is 1.37. The fraction of sp³-hybridized carbons (Fsp3) is 0.211. The monoisotopic (exact) mass is 412 g/mol. The van der Waals surface area contributed by atoms with E-state index in [1.54, 1.807) is 29.6 Å². The first kappa shape index (κ1) is 18.5. The molecule has 1 aliphatic heterocycles. The topological polar surface area (TPSA) is 84.8 Å². The van der Waals surface area contributed by atoms with Crippen LogP contribution in [0.2, 0.25) is 0 Å². The highest BCUT2D eigenvalue weighted by Gasteiger charge is 2.34. The van der Waals surface area contributed by atoms with Gasteiger partial charge in [0.05, 0.1) is 28.5 Å². The van der Waals surface area contributed by atoms with Crippen molar-refractivity contribution in [2.24, 2.45) is 5.10 Å². The largest absolute Gasteiger partial charge is 0.451 e. The summed E-state index contributed by atoms with van der Waals surface area (Å²) in [6, 6.07) is 7.68. The minimum atomic E-state index is -0.685. The van der Waals surface area contributed by atoms with Crippen molar-refractivity contribution in [2.75, 3.05) is 6.61 Å². The molecule has 7 nitrogen and oxygen atoms in total. The second kappa shape index (κ2) is 7.99.